The van der Waals surface area contributed by atoms with Crippen LogP contribution >= 0.6 is 35.4 Å². The van der Waals surface area contributed by atoms with Gasteiger partial charge in [0.05, 0.1) is 6.04 Å². The van der Waals surface area contributed by atoms with E-state index in [1.165, 1.54) is 0 Å². The van der Waals surface area contributed by atoms with Crippen LogP contribution in [0.5, 0.6) is 5.75 Å². The van der Waals surface area contributed by atoms with Gasteiger partial charge in [-0.2, -0.15) is 0 Å². The molecule has 3 aromatic carbocycles. The van der Waals surface area contributed by atoms with E-state index in [-0.39, 0.29) is 11.9 Å². The lowest BCUT2D eigenvalue weighted by Crippen LogP contribution is -2.72. The second-order valence-electron chi connectivity index (χ2n) is 8.41. The maximum Gasteiger partial charge on any atom is 0.236 e. The summed E-state index contributed by atoms with van der Waals surface area (Å²) in [6, 6.07) is 20.0. The first-order chi connectivity index (χ1) is 15.8. The average molecular weight is 498 g/mol. The molecule has 1 amide bonds. The maximum absolute atomic E-state index is 13.8. The first-order valence-corrected chi connectivity index (χ1v) is 11.6. The molecule has 33 heavy (non-hydrogen) atoms. The summed E-state index contributed by atoms with van der Waals surface area (Å²) in [6.07, 6.45) is 0. The van der Waals surface area contributed by atoms with Gasteiger partial charge in [0.25, 0.3) is 0 Å². The summed E-state index contributed by atoms with van der Waals surface area (Å²) in [5.74, 6) is -0.113. The number of aryl methyl sites for hydroxylation is 1. The highest BCUT2D eigenvalue weighted by Crippen LogP contribution is 2.50. The molecule has 2 heterocycles. The monoisotopic (exact) mass is 497 g/mol. The number of amides is 1. The second-order valence-corrected chi connectivity index (χ2v) is 9.67. The molecule has 0 saturated carbocycles. The SMILES string of the molecule is Cc1ccc2c(c1)[C@H]1NC(=S)N(c3cccc(Cl)c3)[C@](C)(O2)[C@@H]1C(=O)Nc1ccc(Cl)cc1. The van der Waals surface area contributed by atoms with Gasteiger partial charge in [-0.25, -0.2) is 0 Å². The predicted molar refractivity (Wildman–Crippen MR) is 136 cm³/mol. The highest BCUT2D eigenvalue weighted by molar-refractivity contribution is 7.80. The van der Waals surface area contributed by atoms with Gasteiger partial charge in [0.2, 0.25) is 5.91 Å². The highest BCUT2D eigenvalue weighted by atomic mass is 35.5. The van der Waals surface area contributed by atoms with E-state index >= 15 is 0 Å². The Balaban J connectivity index is 1.63. The number of benzene rings is 3. The highest BCUT2D eigenvalue weighted by Gasteiger charge is 2.59. The number of carbonyl (C=O) groups is 1. The van der Waals surface area contributed by atoms with E-state index in [2.05, 4.69) is 10.6 Å². The summed E-state index contributed by atoms with van der Waals surface area (Å²) in [6.45, 7) is 3.90. The third-order valence-electron chi connectivity index (χ3n) is 6.11. The van der Waals surface area contributed by atoms with Crippen LogP contribution < -0.4 is 20.3 Å². The largest absolute Gasteiger partial charge is 0.467 e. The van der Waals surface area contributed by atoms with Crippen molar-refractivity contribution < 1.29 is 9.53 Å². The molecule has 1 fully saturated rings. The Labute approximate surface area is 207 Å². The van der Waals surface area contributed by atoms with Gasteiger partial charge >= 0.3 is 0 Å². The number of nitrogens with zero attached hydrogens (tertiary/aromatic N) is 1. The van der Waals surface area contributed by atoms with Crippen molar-refractivity contribution in [3.8, 4) is 5.75 Å². The van der Waals surface area contributed by atoms with Crippen LogP contribution in [0.2, 0.25) is 10.0 Å². The molecule has 5 nitrogen and oxygen atoms in total. The Bertz CT molecular complexity index is 1270. The van der Waals surface area contributed by atoms with Crippen LogP contribution in [0, 0.1) is 12.8 Å². The molecule has 2 aliphatic rings. The molecular formula is C25H21Cl2N3O2S. The van der Waals surface area contributed by atoms with Gasteiger partial charge in [0.1, 0.15) is 11.7 Å². The van der Waals surface area contributed by atoms with Crippen LogP contribution in [0.25, 0.3) is 0 Å². The van der Waals surface area contributed by atoms with Gasteiger partial charge in [0.15, 0.2) is 10.8 Å². The second kappa shape index (κ2) is 8.20. The topological polar surface area (TPSA) is 53.6 Å². The van der Waals surface area contributed by atoms with Gasteiger partial charge in [0, 0.05) is 27.0 Å². The van der Waals surface area contributed by atoms with E-state index < -0.39 is 11.6 Å². The van der Waals surface area contributed by atoms with Gasteiger partial charge in [-0.1, -0.05) is 47.0 Å². The zero-order chi connectivity index (χ0) is 23.3. The number of anilines is 2. The number of ether oxygens (including phenoxy) is 1. The smallest absolute Gasteiger partial charge is 0.236 e. The van der Waals surface area contributed by atoms with Crippen molar-refractivity contribution in [3.63, 3.8) is 0 Å². The Morgan fingerprint density at radius 2 is 1.85 bits per heavy atom. The average Bonchev–Trinajstić information content (AvgIpc) is 2.75. The number of hydrogen-bond acceptors (Lipinski definition) is 3. The summed E-state index contributed by atoms with van der Waals surface area (Å²) >= 11 is 18.1. The summed E-state index contributed by atoms with van der Waals surface area (Å²) < 4.78 is 6.59. The van der Waals surface area contributed by atoms with Gasteiger partial charge in [-0.15, -0.1) is 0 Å². The fourth-order valence-corrected chi connectivity index (χ4v) is 5.38. The number of nitrogens with one attached hydrogen (secondary N) is 2. The van der Waals surface area contributed by atoms with E-state index in [9.17, 15) is 4.79 Å². The third kappa shape index (κ3) is 3.82. The predicted octanol–water partition coefficient (Wildman–Crippen LogP) is 6.10. The van der Waals surface area contributed by atoms with E-state index in [0.29, 0.717) is 26.6 Å². The molecule has 3 atom stereocenters. The van der Waals surface area contributed by atoms with Crippen LogP contribution in [0.1, 0.15) is 24.1 Å². The molecular weight excluding hydrogens is 477 g/mol. The Kier molecular flexibility index (Phi) is 5.47. The molecule has 5 rings (SSSR count). The lowest BCUT2D eigenvalue weighted by Gasteiger charge is -2.56. The first kappa shape index (κ1) is 22.0. The molecule has 8 heteroatoms. The summed E-state index contributed by atoms with van der Waals surface area (Å²) in [5, 5.41) is 8.05. The van der Waals surface area contributed by atoms with E-state index in [1.54, 1.807) is 30.3 Å². The van der Waals surface area contributed by atoms with E-state index in [1.807, 2.05) is 55.1 Å². The Morgan fingerprint density at radius 3 is 2.58 bits per heavy atom. The van der Waals surface area contributed by atoms with Crippen LogP contribution in [-0.4, -0.2) is 16.7 Å². The lowest BCUT2D eigenvalue weighted by atomic mass is 9.78. The molecule has 1 saturated heterocycles. The van der Waals surface area contributed by atoms with Crippen molar-refractivity contribution >= 4 is 57.8 Å². The third-order valence-corrected chi connectivity index (χ3v) is 6.90. The fourth-order valence-electron chi connectivity index (χ4n) is 4.66. The number of hydrogen-bond donors (Lipinski definition) is 2. The lowest BCUT2D eigenvalue weighted by molar-refractivity contribution is -0.130. The summed E-state index contributed by atoms with van der Waals surface area (Å²) in [4.78, 5) is 15.6. The fraction of sp³-hybridized carbons (Fsp3) is 0.200. The molecule has 0 spiro atoms. The molecule has 2 aliphatic heterocycles. The minimum atomic E-state index is -1.10. The quantitative estimate of drug-likeness (QED) is 0.428. The van der Waals surface area contributed by atoms with Gasteiger partial charge in [-0.05, 0) is 74.6 Å². The van der Waals surface area contributed by atoms with Crippen molar-refractivity contribution in [1.29, 1.82) is 0 Å². The molecule has 0 aliphatic carbocycles. The molecule has 2 bridgehead atoms. The van der Waals surface area contributed by atoms with Crippen LogP contribution in [0.4, 0.5) is 11.4 Å². The minimum absolute atomic E-state index is 0.195. The van der Waals surface area contributed by atoms with E-state index in [0.717, 1.165) is 16.8 Å². The standard InChI is InChI=1S/C25H21Cl2N3O2S/c1-14-6-11-20-19(12-14)22-21(23(31)28-17-9-7-15(26)8-10-17)25(2,32-20)30(24(33)29-22)18-5-3-4-16(27)13-18/h3-13,21-22H,1-2H3,(H,28,31)(H,29,33)/t21-,22+,25+/m0/s1. The molecule has 0 unspecified atom stereocenters. The van der Waals surface area contributed by atoms with Crippen molar-refractivity contribution in [2.45, 2.75) is 25.6 Å². The van der Waals surface area contributed by atoms with Crippen molar-refractivity contribution in [1.82, 2.24) is 5.32 Å². The number of halogens is 2. The first-order valence-electron chi connectivity index (χ1n) is 10.5. The molecule has 0 aromatic heterocycles. The zero-order valence-corrected chi connectivity index (χ0v) is 20.3. The Hall–Kier alpha value is -2.80. The van der Waals surface area contributed by atoms with Crippen molar-refractivity contribution in [3.05, 3.63) is 87.9 Å². The summed E-state index contributed by atoms with van der Waals surface area (Å²) in [5.41, 5.74) is 2.26. The molecule has 168 valence electrons. The van der Waals surface area contributed by atoms with Crippen molar-refractivity contribution in [2.75, 3.05) is 10.2 Å². The zero-order valence-electron chi connectivity index (χ0n) is 17.9. The number of rotatable bonds is 3. The minimum Gasteiger partial charge on any atom is -0.467 e. The van der Waals surface area contributed by atoms with E-state index in [4.69, 9.17) is 40.2 Å². The molecule has 0 radical (unpaired) electrons. The number of fused-ring (bicyclic) bond motifs is 4. The normalized spacial score (nSPS) is 23.3. The number of carbonyl (C=O) groups excluding carboxylic acids is 1. The van der Waals surface area contributed by atoms with Crippen LogP contribution in [0.15, 0.2) is 66.7 Å². The van der Waals surface area contributed by atoms with Crippen LogP contribution in [0.3, 0.4) is 0 Å². The Morgan fingerprint density at radius 1 is 1.09 bits per heavy atom. The van der Waals surface area contributed by atoms with Gasteiger partial charge in [-0.3, -0.25) is 9.69 Å². The van der Waals surface area contributed by atoms with Gasteiger partial charge < -0.3 is 15.4 Å². The number of thiocarbonyl (C=S) groups is 1. The maximum atomic E-state index is 13.8. The van der Waals surface area contributed by atoms with Crippen molar-refractivity contribution in [2.24, 2.45) is 5.92 Å². The van der Waals surface area contributed by atoms with Crippen LogP contribution in [-0.2, 0) is 4.79 Å². The summed E-state index contributed by atoms with van der Waals surface area (Å²) in [7, 11) is 0. The molecule has 2 N–H and O–H groups in total. The molecule has 3 aromatic rings.